The third kappa shape index (κ3) is 4.02. The summed E-state index contributed by atoms with van der Waals surface area (Å²) in [4.78, 5) is 22.4. The summed E-state index contributed by atoms with van der Waals surface area (Å²) in [7, 11) is 0. The van der Waals surface area contributed by atoms with Gasteiger partial charge in [-0.05, 0) is 31.1 Å². The molecule has 1 fully saturated rings. The maximum atomic E-state index is 11.7. The van der Waals surface area contributed by atoms with Crippen LogP contribution in [0, 0.1) is 11.3 Å². The van der Waals surface area contributed by atoms with E-state index in [1.54, 1.807) is 0 Å². The molecule has 4 nitrogen and oxygen atoms in total. The van der Waals surface area contributed by atoms with E-state index in [0.717, 1.165) is 12.8 Å². The summed E-state index contributed by atoms with van der Waals surface area (Å²) in [5, 5.41) is 11.3. The fourth-order valence-corrected chi connectivity index (χ4v) is 2.53. The highest BCUT2D eigenvalue weighted by molar-refractivity contribution is 5.83. The van der Waals surface area contributed by atoms with E-state index in [9.17, 15) is 9.59 Å². The molecule has 0 spiro atoms. The molecule has 17 heavy (non-hydrogen) atoms. The van der Waals surface area contributed by atoms with Crippen molar-refractivity contribution < 1.29 is 14.7 Å². The van der Waals surface area contributed by atoms with E-state index >= 15 is 0 Å². The number of aliphatic carboxylic acids is 1. The van der Waals surface area contributed by atoms with E-state index in [1.165, 1.54) is 19.8 Å². The minimum Gasteiger partial charge on any atom is -0.480 e. The third-order valence-corrected chi connectivity index (χ3v) is 3.91. The Bertz CT molecular complexity index is 299. The molecular weight excluding hydrogens is 218 g/mol. The number of carbonyl (C=O) groups is 2. The third-order valence-electron chi connectivity index (χ3n) is 3.91. The van der Waals surface area contributed by atoms with Crippen molar-refractivity contribution in [3.05, 3.63) is 0 Å². The molecule has 2 unspecified atom stereocenters. The lowest BCUT2D eigenvalue weighted by atomic mass is 9.67. The van der Waals surface area contributed by atoms with Crippen molar-refractivity contribution in [1.82, 2.24) is 5.32 Å². The Morgan fingerprint density at radius 3 is 2.59 bits per heavy atom. The first kappa shape index (κ1) is 14.0. The van der Waals surface area contributed by atoms with E-state index in [-0.39, 0.29) is 11.3 Å². The highest BCUT2D eigenvalue weighted by Crippen LogP contribution is 2.42. The number of amides is 1. The Labute approximate surface area is 103 Å². The van der Waals surface area contributed by atoms with E-state index in [1.807, 2.05) is 0 Å². The first-order valence-corrected chi connectivity index (χ1v) is 6.35. The molecule has 1 rings (SSSR count). The molecular formula is C13H23NO3. The molecule has 0 bridgehead atoms. The fourth-order valence-electron chi connectivity index (χ4n) is 2.53. The minimum absolute atomic E-state index is 0.139. The average molecular weight is 241 g/mol. The SMILES string of the molecule is CC(NC(=O)CC1CCCCC1(C)C)C(=O)O. The van der Waals surface area contributed by atoms with Crippen molar-refractivity contribution in [1.29, 1.82) is 0 Å². The van der Waals surface area contributed by atoms with Crippen LogP contribution in [-0.2, 0) is 9.59 Å². The van der Waals surface area contributed by atoms with Gasteiger partial charge in [-0.3, -0.25) is 9.59 Å². The second-order valence-electron chi connectivity index (χ2n) is 5.76. The largest absolute Gasteiger partial charge is 0.480 e. The van der Waals surface area contributed by atoms with Crippen LogP contribution >= 0.6 is 0 Å². The summed E-state index contributed by atoms with van der Waals surface area (Å²) >= 11 is 0. The molecule has 2 atom stereocenters. The van der Waals surface area contributed by atoms with Crippen LogP contribution in [-0.4, -0.2) is 23.0 Å². The highest BCUT2D eigenvalue weighted by Gasteiger charge is 2.33. The van der Waals surface area contributed by atoms with Gasteiger partial charge in [0.15, 0.2) is 0 Å². The predicted molar refractivity (Wildman–Crippen MR) is 65.6 cm³/mol. The molecule has 0 aromatic rings. The van der Waals surface area contributed by atoms with Gasteiger partial charge in [-0.1, -0.05) is 26.7 Å². The zero-order valence-electron chi connectivity index (χ0n) is 11.0. The molecule has 1 aliphatic rings. The Hall–Kier alpha value is -1.06. The van der Waals surface area contributed by atoms with Gasteiger partial charge in [0.2, 0.25) is 5.91 Å². The van der Waals surface area contributed by atoms with Gasteiger partial charge in [-0.2, -0.15) is 0 Å². The van der Waals surface area contributed by atoms with Gasteiger partial charge in [-0.15, -0.1) is 0 Å². The molecule has 0 radical (unpaired) electrons. The van der Waals surface area contributed by atoms with Gasteiger partial charge in [0, 0.05) is 6.42 Å². The van der Waals surface area contributed by atoms with Gasteiger partial charge >= 0.3 is 5.97 Å². The maximum Gasteiger partial charge on any atom is 0.325 e. The van der Waals surface area contributed by atoms with Crippen LogP contribution in [0.3, 0.4) is 0 Å². The molecule has 2 N–H and O–H groups in total. The van der Waals surface area contributed by atoms with Crippen molar-refractivity contribution in [2.45, 2.75) is 58.9 Å². The number of nitrogens with one attached hydrogen (secondary N) is 1. The number of hydrogen-bond donors (Lipinski definition) is 2. The summed E-state index contributed by atoms with van der Waals surface area (Å²) < 4.78 is 0. The standard InChI is InChI=1S/C13H23NO3/c1-9(12(16)17)14-11(15)8-10-6-4-5-7-13(10,2)3/h9-10H,4-8H2,1-3H3,(H,14,15)(H,16,17). The quantitative estimate of drug-likeness (QED) is 0.792. The zero-order chi connectivity index (χ0) is 13.1. The van der Waals surface area contributed by atoms with Crippen LogP contribution in [0.1, 0.15) is 52.9 Å². The Morgan fingerprint density at radius 1 is 1.41 bits per heavy atom. The molecule has 0 heterocycles. The molecule has 1 saturated carbocycles. The molecule has 0 aliphatic heterocycles. The van der Waals surface area contributed by atoms with E-state index in [2.05, 4.69) is 19.2 Å². The van der Waals surface area contributed by atoms with Gasteiger partial charge in [-0.25, -0.2) is 0 Å². The average Bonchev–Trinajstić information content (AvgIpc) is 2.20. The topological polar surface area (TPSA) is 66.4 Å². The first-order chi connectivity index (χ1) is 7.83. The van der Waals surface area contributed by atoms with Gasteiger partial charge in [0.05, 0.1) is 0 Å². The van der Waals surface area contributed by atoms with Crippen LogP contribution in [0.5, 0.6) is 0 Å². The molecule has 1 amide bonds. The van der Waals surface area contributed by atoms with Crippen LogP contribution in [0.4, 0.5) is 0 Å². The van der Waals surface area contributed by atoms with Crippen LogP contribution in [0.15, 0.2) is 0 Å². The smallest absolute Gasteiger partial charge is 0.325 e. The van der Waals surface area contributed by atoms with Crippen molar-refractivity contribution in [3.8, 4) is 0 Å². The second-order valence-corrected chi connectivity index (χ2v) is 5.76. The molecule has 98 valence electrons. The van der Waals surface area contributed by atoms with E-state index < -0.39 is 12.0 Å². The Kier molecular flexibility index (Phi) is 4.54. The normalized spacial score (nSPS) is 25.0. The fraction of sp³-hybridized carbons (Fsp3) is 0.846. The number of carbonyl (C=O) groups excluding carboxylic acids is 1. The highest BCUT2D eigenvalue weighted by atomic mass is 16.4. The van der Waals surface area contributed by atoms with Crippen molar-refractivity contribution in [3.63, 3.8) is 0 Å². The van der Waals surface area contributed by atoms with Crippen LogP contribution in [0.2, 0.25) is 0 Å². The van der Waals surface area contributed by atoms with Gasteiger partial charge < -0.3 is 10.4 Å². The van der Waals surface area contributed by atoms with Crippen LogP contribution < -0.4 is 5.32 Å². The summed E-state index contributed by atoms with van der Waals surface area (Å²) in [6.45, 7) is 5.89. The van der Waals surface area contributed by atoms with Crippen LogP contribution in [0.25, 0.3) is 0 Å². The summed E-state index contributed by atoms with van der Waals surface area (Å²) in [6, 6.07) is -0.797. The molecule has 0 saturated heterocycles. The molecule has 0 aromatic carbocycles. The lowest BCUT2D eigenvalue weighted by molar-refractivity contribution is -0.141. The van der Waals surface area contributed by atoms with Crippen molar-refractivity contribution in [2.24, 2.45) is 11.3 Å². The molecule has 0 aromatic heterocycles. The van der Waals surface area contributed by atoms with Gasteiger partial charge in [0.1, 0.15) is 6.04 Å². The van der Waals surface area contributed by atoms with Crippen molar-refractivity contribution >= 4 is 11.9 Å². The lowest BCUT2D eigenvalue weighted by Crippen LogP contribution is -2.41. The van der Waals surface area contributed by atoms with Crippen molar-refractivity contribution in [2.75, 3.05) is 0 Å². The van der Waals surface area contributed by atoms with Gasteiger partial charge in [0.25, 0.3) is 0 Å². The minimum atomic E-state index is -0.985. The second kappa shape index (κ2) is 5.52. The summed E-state index contributed by atoms with van der Waals surface area (Å²) in [5.74, 6) is -0.752. The predicted octanol–water partition coefficient (Wildman–Crippen LogP) is 2.18. The Morgan fingerprint density at radius 2 is 2.06 bits per heavy atom. The maximum absolute atomic E-state index is 11.7. The number of carboxylic acid groups (broad SMARTS) is 1. The van der Waals surface area contributed by atoms with E-state index in [4.69, 9.17) is 5.11 Å². The number of rotatable bonds is 4. The lowest BCUT2D eigenvalue weighted by Gasteiger charge is -2.38. The summed E-state index contributed by atoms with van der Waals surface area (Å²) in [5.41, 5.74) is 0.196. The van der Waals surface area contributed by atoms with E-state index in [0.29, 0.717) is 12.3 Å². The Balaban J connectivity index is 2.47. The monoisotopic (exact) mass is 241 g/mol. The molecule has 1 aliphatic carbocycles. The molecule has 4 heteroatoms. The zero-order valence-corrected chi connectivity index (χ0v) is 11.0. The number of hydrogen-bond acceptors (Lipinski definition) is 2. The first-order valence-electron chi connectivity index (χ1n) is 6.35. The number of carboxylic acids is 1. The summed E-state index contributed by atoms with van der Waals surface area (Å²) in [6.07, 6.45) is 5.08.